The van der Waals surface area contributed by atoms with E-state index in [2.05, 4.69) is 43.4 Å². The number of benzene rings is 1. The minimum absolute atomic E-state index is 0.0274. The molecule has 2 heterocycles. The van der Waals surface area contributed by atoms with Crippen molar-refractivity contribution >= 4 is 35.4 Å². The second-order valence-corrected chi connectivity index (χ2v) is 18.7. The average Bonchev–Trinajstić information content (AvgIpc) is 3.76. The summed E-state index contributed by atoms with van der Waals surface area (Å²) in [5, 5.41) is 30.0. The first-order valence-corrected chi connectivity index (χ1v) is 22.8. The first-order chi connectivity index (χ1) is 31.1. The number of unbranched alkanes of at least 4 members (excludes halogenated alkanes) is 1. The van der Waals surface area contributed by atoms with Crippen molar-refractivity contribution in [1.82, 2.24) is 36.1 Å². The number of aryl methyl sites for hydroxylation is 1. The van der Waals surface area contributed by atoms with E-state index in [0.29, 0.717) is 25.3 Å². The highest BCUT2D eigenvalue weighted by Gasteiger charge is 2.37. The largest absolute Gasteiger partial charge is 0.394 e. The Hall–Kier alpha value is -5.21. The van der Waals surface area contributed by atoms with Gasteiger partial charge in [0.05, 0.1) is 55.9 Å². The fourth-order valence-electron chi connectivity index (χ4n) is 7.05. The van der Waals surface area contributed by atoms with Crippen LogP contribution in [0.1, 0.15) is 98.8 Å². The van der Waals surface area contributed by atoms with Crippen molar-refractivity contribution in [3.05, 3.63) is 66.3 Å². The van der Waals surface area contributed by atoms with E-state index in [1.165, 1.54) is 29.9 Å². The standard InChI is InChI=1S/C47H74N8O11/c1-30(2)24-35(42(60)51-36(25-33-26-49-29-50-33)43(61)53-37(28-56)44(62)54-40(31(3)57)41(48)59)52-45(63)38-18-17-34(64-21-13-12-16-32-14-10-9-11-15-32)27-55(38)39(58)19-22-66-47(7,8)20-23-65-46(4,5)6/h9-11,14-15,17-18,26,29-31,34-38,40,56-57H,12-13,16,19-25,27-28H2,1-8H3,(H2,48,59)(H,49,50)(H,51,60)(H,52,63)(H,53,61)(H,54,62). The minimum Gasteiger partial charge on any atom is -0.394 e. The van der Waals surface area contributed by atoms with E-state index in [9.17, 15) is 39.0 Å². The summed E-state index contributed by atoms with van der Waals surface area (Å²) < 4.78 is 18.2. The molecule has 0 saturated heterocycles. The first-order valence-electron chi connectivity index (χ1n) is 22.8. The number of aromatic nitrogens is 2. The molecule has 0 aliphatic carbocycles. The Labute approximate surface area is 388 Å². The first kappa shape index (κ1) is 55.1. The number of imidazole rings is 1. The van der Waals surface area contributed by atoms with Gasteiger partial charge in [-0.3, -0.25) is 28.8 Å². The number of hydrogen-bond donors (Lipinski definition) is 8. The number of primary amides is 1. The van der Waals surface area contributed by atoms with Gasteiger partial charge in [-0.05, 0) is 85.1 Å². The van der Waals surface area contributed by atoms with Gasteiger partial charge in [0.15, 0.2) is 0 Å². The maximum atomic E-state index is 14.3. The molecule has 0 fully saturated rings. The molecule has 19 heteroatoms. The molecule has 1 aliphatic heterocycles. The molecular weight excluding hydrogens is 853 g/mol. The third kappa shape index (κ3) is 19.7. The summed E-state index contributed by atoms with van der Waals surface area (Å²) in [6.07, 6.45) is 7.47. The van der Waals surface area contributed by atoms with Crippen LogP contribution in [-0.2, 0) is 55.8 Å². The number of carbonyl (C=O) groups is 6. The smallest absolute Gasteiger partial charge is 0.247 e. The lowest BCUT2D eigenvalue weighted by Crippen LogP contribution is -2.61. The highest BCUT2D eigenvalue weighted by molar-refractivity contribution is 5.97. The van der Waals surface area contributed by atoms with Gasteiger partial charge in [-0.15, -0.1) is 0 Å². The van der Waals surface area contributed by atoms with Gasteiger partial charge in [-0.2, -0.15) is 0 Å². The van der Waals surface area contributed by atoms with Crippen LogP contribution in [-0.4, -0.2) is 147 Å². The van der Waals surface area contributed by atoms with Gasteiger partial charge in [0, 0.05) is 31.5 Å². The van der Waals surface area contributed by atoms with Gasteiger partial charge in [0.25, 0.3) is 0 Å². The number of nitrogens with two attached hydrogens (primary N) is 1. The monoisotopic (exact) mass is 927 g/mol. The maximum absolute atomic E-state index is 14.3. The molecule has 0 radical (unpaired) electrons. The van der Waals surface area contributed by atoms with E-state index in [0.717, 1.165) is 19.3 Å². The number of hydrogen-bond acceptors (Lipinski definition) is 12. The number of ether oxygens (including phenoxy) is 3. The lowest BCUT2D eigenvalue weighted by Gasteiger charge is -2.36. The van der Waals surface area contributed by atoms with Crippen molar-refractivity contribution in [1.29, 1.82) is 0 Å². The summed E-state index contributed by atoms with van der Waals surface area (Å²) in [5.41, 5.74) is 6.07. The molecule has 1 aliphatic rings. The van der Waals surface area contributed by atoms with Gasteiger partial charge in [0.2, 0.25) is 35.4 Å². The number of nitrogens with one attached hydrogen (secondary N) is 5. The minimum atomic E-state index is -1.60. The Balaban J connectivity index is 1.79. The number of rotatable bonds is 28. The summed E-state index contributed by atoms with van der Waals surface area (Å²) >= 11 is 0. The molecule has 0 bridgehead atoms. The number of H-pyrrole nitrogens is 1. The quantitative estimate of drug-likeness (QED) is 0.0444. The molecule has 1 aromatic carbocycles. The third-order valence-electron chi connectivity index (χ3n) is 10.7. The zero-order valence-electron chi connectivity index (χ0n) is 39.8. The van der Waals surface area contributed by atoms with Crippen LogP contribution in [0.2, 0.25) is 0 Å². The highest BCUT2D eigenvalue weighted by atomic mass is 16.5. The highest BCUT2D eigenvalue weighted by Crippen LogP contribution is 2.20. The average molecular weight is 927 g/mol. The Morgan fingerprint density at radius 1 is 0.864 bits per heavy atom. The Kier molecular flexibility index (Phi) is 22.4. The molecule has 3 rings (SSSR count). The SMILES string of the molecule is CC(C)CC(NC(=O)C1C=CC(OCCCCc2ccccc2)CN1C(=O)CCOC(C)(C)CCOC(C)(C)C)C(=O)NC(Cc1cnc[nH]1)C(=O)NC(CO)C(=O)NC(C(N)=O)C(C)O. The molecule has 9 N–H and O–H groups in total. The van der Waals surface area contributed by atoms with Crippen LogP contribution < -0.4 is 27.0 Å². The number of aliphatic hydroxyl groups is 2. The van der Waals surface area contributed by atoms with Crippen molar-refractivity contribution in [2.24, 2.45) is 11.7 Å². The van der Waals surface area contributed by atoms with Gasteiger partial charge >= 0.3 is 0 Å². The fraction of sp³-hybridized carbons (Fsp3) is 0.638. The molecule has 368 valence electrons. The van der Waals surface area contributed by atoms with Gasteiger partial charge < -0.3 is 61.3 Å². The Morgan fingerprint density at radius 2 is 1.53 bits per heavy atom. The zero-order valence-corrected chi connectivity index (χ0v) is 39.8. The second kappa shape index (κ2) is 26.8. The third-order valence-corrected chi connectivity index (χ3v) is 10.7. The molecular formula is C47H74N8O11. The molecule has 0 saturated carbocycles. The molecule has 0 spiro atoms. The zero-order chi connectivity index (χ0) is 49.0. The number of amides is 6. The Morgan fingerprint density at radius 3 is 2.14 bits per heavy atom. The fourth-order valence-corrected chi connectivity index (χ4v) is 7.05. The molecule has 2 aromatic rings. The van der Waals surface area contributed by atoms with Crippen LogP contribution >= 0.6 is 0 Å². The van der Waals surface area contributed by atoms with E-state index < -0.39 is 84.2 Å². The normalized spacial score (nSPS) is 17.6. The summed E-state index contributed by atoms with van der Waals surface area (Å²) in [5.74, 6) is -4.77. The van der Waals surface area contributed by atoms with Crippen LogP contribution in [0.3, 0.4) is 0 Å². The van der Waals surface area contributed by atoms with Crippen LogP contribution in [0, 0.1) is 5.92 Å². The summed E-state index contributed by atoms with van der Waals surface area (Å²) in [7, 11) is 0. The van der Waals surface area contributed by atoms with E-state index >= 15 is 0 Å². The van der Waals surface area contributed by atoms with Crippen molar-refractivity contribution in [2.75, 3.05) is 33.0 Å². The Bertz CT molecular complexity index is 1870. The number of carbonyl (C=O) groups excluding carboxylic acids is 6. The van der Waals surface area contributed by atoms with Crippen LogP contribution in [0.5, 0.6) is 0 Å². The molecule has 7 atom stereocenters. The van der Waals surface area contributed by atoms with Crippen LogP contribution in [0.4, 0.5) is 0 Å². The predicted molar refractivity (Wildman–Crippen MR) is 246 cm³/mol. The lowest BCUT2D eigenvalue weighted by atomic mass is 10.0. The molecule has 66 heavy (non-hydrogen) atoms. The van der Waals surface area contributed by atoms with Gasteiger partial charge in [-0.25, -0.2) is 4.98 Å². The summed E-state index contributed by atoms with van der Waals surface area (Å²) in [4.78, 5) is 89.2. The number of aromatic amines is 1. The van der Waals surface area contributed by atoms with Crippen molar-refractivity contribution in [2.45, 2.75) is 154 Å². The maximum Gasteiger partial charge on any atom is 0.247 e. The molecule has 6 amide bonds. The second-order valence-electron chi connectivity index (χ2n) is 18.7. The molecule has 19 nitrogen and oxygen atoms in total. The van der Waals surface area contributed by atoms with Crippen LogP contribution in [0.15, 0.2) is 55.0 Å². The topological polar surface area (TPSA) is 277 Å². The van der Waals surface area contributed by atoms with Crippen molar-refractivity contribution in [3.8, 4) is 0 Å². The lowest BCUT2D eigenvalue weighted by molar-refractivity contribution is -0.144. The number of nitrogens with zero attached hydrogens (tertiary/aromatic N) is 2. The van der Waals surface area contributed by atoms with Crippen molar-refractivity contribution < 1.29 is 53.2 Å². The molecule has 7 unspecified atom stereocenters. The predicted octanol–water partition coefficient (Wildman–Crippen LogP) is 1.36. The van der Waals surface area contributed by atoms with Crippen molar-refractivity contribution in [3.63, 3.8) is 0 Å². The van der Waals surface area contributed by atoms with Gasteiger partial charge in [0.1, 0.15) is 30.2 Å². The van der Waals surface area contributed by atoms with E-state index in [-0.39, 0.29) is 49.8 Å². The summed E-state index contributed by atoms with van der Waals surface area (Å²) in [6.45, 7) is 14.9. The summed E-state index contributed by atoms with van der Waals surface area (Å²) in [6, 6.07) is 3.39. The van der Waals surface area contributed by atoms with Crippen LogP contribution in [0.25, 0.3) is 0 Å². The van der Waals surface area contributed by atoms with E-state index in [1.807, 2.05) is 66.7 Å². The van der Waals surface area contributed by atoms with E-state index in [1.54, 1.807) is 12.2 Å². The van der Waals surface area contributed by atoms with E-state index in [4.69, 9.17) is 19.9 Å². The molecule has 1 aromatic heterocycles. The van der Waals surface area contributed by atoms with Gasteiger partial charge in [-0.1, -0.05) is 56.3 Å². The number of aliphatic hydroxyl groups excluding tert-OH is 2.